The number of nitro benzene ring substituents is 1. The quantitative estimate of drug-likeness (QED) is 0.489. The van der Waals surface area contributed by atoms with Gasteiger partial charge in [-0.3, -0.25) is 15.1 Å². The molecule has 0 radical (unpaired) electrons. The van der Waals surface area contributed by atoms with E-state index in [2.05, 4.69) is 4.98 Å². The predicted octanol–water partition coefficient (Wildman–Crippen LogP) is 5.03. The van der Waals surface area contributed by atoms with Crippen molar-refractivity contribution in [3.05, 3.63) is 74.4 Å². The minimum Gasteiger partial charge on any atom is -0.487 e. The smallest absolute Gasteiger partial charge is 0.279 e. The van der Waals surface area contributed by atoms with Gasteiger partial charge in [-0.2, -0.15) is 0 Å². The van der Waals surface area contributed by atoms with Gasteiger partial charge in [0.1, 0.15) is 17.9 Å². The Bertz CT molecular complexity index is 900. The van der Waals surface area contributed by atoms with Gasteiger partial charge in [-0.25, -0.2) is 0 Å². The van der Waals surface area contributed by atoms with Crippen molar-refractivity contribution in [1.82, 2.24) is 4.98 Å². The number of nitro groups is 1. The van der Waals surface area contributed by atoms with Crippen molar-refractivity contribution in [3.63, 3.8) is 0 Å². The van der Waals surface area contributed by atoms with Crippen LogP contribution in [0.5, 0.6) is 5.75 Å². The third-order valence-corrected chi connectivity index (χ3v) is 3.89. The first-order chi connectivity index (χ1) is 11.1. The maximum Gasteiger partial charge on any atom is 0.279 e. The van der Waals surface area contributed by atoms with Gasteiger partial charge in [0, 0.05) is 27.9 Å². The second kappa shape index (κ2) is 6.40. The molecule has 0 atom stereocenters. The summed E-state index contributed by atoms with van der Waals surface area (Å²) in [7, 11) is 0. The molecule has 23 heavy (non-hydrogen) atoms. The summed E-state index contributed by atoms with van der Waals surface area (Å²) >= 11 is 12.0. The second-order valence-corrected chi connectivity index (χ2v) is 5.61. The molecule has 0 N–H and O–H groups in total. The molecule has 0 amide bonds. The fraction of sp³-hybridized carbons (Fsp3) is 0.0625. The molecule has 2 aromatic carbocycles. The Morgan fingerprint density at radius 2 is 2.00 bits per heavy atom. The molecule has 1 heterocycles. The normalized spacial score (nSPS) is 10.7. The van der Waals surface area contributed by atoms with Crippen molar-refractivity contribution in [2.45, 2.75) is 6.61 Å². The summed E-state index contributed by atoms with van der Waals surface area (Å²) in [5, 5.41) is 12.6. The average molecular weight is 349 g/mol. The molecule has 0 unspecified atom stereocenters. The predicted molar refractivity (Wildman–Crippen MR) is 89.2 cm³/mol. The molecule has 0 aliphatic carbocycles. The summed E-state index contributed by atoms with van der Waals surface area (Å²) in [5.74, 6) is 0.456. The van der Waals surface area contributed by atoms with Gasteiger partial charge in [-0.15, -0.1) is 0 Å². The molecule has 3 rings (SSSR count). The van der Waals surface area contributed by atoms with Gasteiger partial charge in [-0.1, -0.05) is 29.3 Å². The number of pyridine rings is 1. The highest BCUT2D eigenvalue weighted by Gasteiger charge is 2.16. The summed E-state index contributed by atoms with van der Waals surface area (Å²) in [5.41, 5.74) is 1.19. The maximum absolute atomic E-state index is 11.1. The standard InChI is InChI=1S/C16H10Cl2N2O3/c17-11-4-3-10(13(18)8-11)9-23-15-6-5-14(20(21)22)12-2-1-7-19-16(12)15/h1-8H,9H2. The molecule has 5 nitrogen and oxygen atoms in total. The zero-order valence-corrected chi connectivity index (χ0v) is 13.2. The van der Waals surface area contributed by atoms with Crippen LogP contribution in [-0.4, -0.2) is 9.91 Å². The lowest BCUT2D eigenvalue weighted by molar-refractivity contribution is -0.383. The van der Waals surface area contributed by atoms with E-state index in [1.54, 1.807) is 36.5 Å². The second-order valence-electron chi connectivity index (χ2n) is 4.76. The number of ether oxygens (including phenoxy) is 1. The van der Waals surface area contributed by atoms with Crippen LogP contribution in [0.4, 0.5) is 5.69 Å². The number of benzene rings is 2. The van der Waals surface area contributed by atoms with Crippen molar-refractivity contribution in [3.8, 4) is 5.75 Å². The van der Waals surface area contributed by atoms with Crippen LogP contribution in [0, 0.1) is 10.1 Å². The van der Waals surface area contributed by atoms with Crippen LogP contribution < -0.4 is 4.74 Å². The van der Waals surface area contributed by atoms with Crippen molar-refractivity contribution in [2.75, 3.05) is 0 Å². The van der Waals surface area contributed by atoms with Crippen molar-refractivity contribution >= 4 is 39.8 Å². The average Bonchev–Trinajstić information content (AvgIpc) is 2.53. The fourth-order valence-electron chi connectivity index (χ4n) is 2.20. The summed E-state index contributed by atoms with van der Waals surface area (Å²) in [6, 6.07) is 11.4. The van der Waals surface area contributed by atoms with E-state index in [1.165, 1.54) is 12.1 Å². The van der Waals surface area contributed by atoms with Crippen LogP contribution in [0.1, 0.15) is 5.56 Å². The summed E-state index contributed by atoms with van der Waals surface area (Å²) in [6.07, 6.45) is 1.56. The fourth-order valence-corrected chi connectivity index (χ4v) is 2.66. The van der Waals surface area contributed by atoms with Crippen LogP contribution in [0.25, 0.3) is 10.9 Å². The Hall–Kier alpha value is -2.37. The lowest BCUT2D eigenvalue weighted by atomic mass is 10.1. The molecule has 0 aliphatic heterocycles. The molecule has 0 spiro atoms. The lowest BCUT2D eigenvalue weighted by Gasteiger charge is -2.10. The number of non-ortho nitro benzene ring substituents is 1. The lowest BCUT2D eigenvalue weighted by Crippen LogP contribution is -1.99. The van der Waals surface area contributed by atoms with E-state index in [4.69, 9.17) is 27.9 Å². The number of hydrogen-bond donors (Lipinski definition) is 0. The van der Waals surface area contributed by atoms with E-state index in [-0.39, 0.29) is 12.3 Å². The monoisotopic (exact) mass is 348 g/mol. The number of hydrogen-bond acceptors (Lipinski definition) is 4. The van der Waals surface area contributed by atoms with E-state index >= 15 is 0 Å². The van der Waals surface area contributed by atoms with Gasteiger partial charge < -0.3 is 4.74 Å². The number of rotatable bonds is 4. The third-order valence-electron chi connectivity index (χ3n) is 3.30. The zero-order valence-electron chi connectivity index (χ0n) is 11.7. The highest BCUT2D eigenvalue weighted by molar-refractivity contribution is 6.35. The molecule has 0 fully saturated rings. The number of fused-ring (bicyclic) bond motifs is 1. The number of aromatic nitrogens is 1. The molecular formula is C16H10Cl2N2O3. The van der Waals surface area contributed by atoms with Gasteiger partial charge in [0.05, 0.1) is 10.3 Å². The Balaban J connectivity index is 1.95. The van der Waals surface area contributed by atoms with Crippen LogP contribution in [-0.2, 0) is 6.61 Å². The summed E-state index contributed by atoms with van der Waals surface area (Å²) in [4.78, 5) is 14.8. The molecule has 0 saturated heterocycles. The summed E-state index contributed by atoms with van der Waals surface area (Å²) < 4.78 is 5.75. The molecular weight excluding hydrogens is 339 g/mol. The Morgan fingerprint density at radius 1 is 1.17 bits per heavy atom. The van der Waals surface area contributed by atoms with E-state index in [9.17, 15) is 10.1 Å². The minimum absolute atomic E-state index is 0.00928. The van der Waals surface area contributed by atoms with Crippen LogP contribution >= 0.6 is 23.2 Å². The van der Waals surface area contributed by atoms with Crippen LogP contribution in [0.3, 0.4) is 0 Å². The van der Waals surface area contributed by atoms with Gasteiger partial charge in [0.25, 0.3) is 5.69 Å². The van der Waals surface area contributed by atoms with Gasteiger partial charge in [0.15, 0.2) is 0 Å². The van der Waals surface area contributed by atoms with Gasteiger partial charge >= 0.3 is 0 Å². The first-order valence-corrected chi connectivity index (χ1v) is 7.40. The SMILES string of the molecule is O=[N+]([O-])c1ccc(OCc2ccc(Cl)cc2Cl)c2ncccc12. The van der Waals surface area contributed by atoms with Gasteiger partial charge in [-0.05, 0) is 30.3 Å². The van der Waals surface area contributed by atoms with E-state index in [0.717, 1.165) is 5.56 Å². The highest BCUT2D eigenvalue weighted by Crippen LogP contribution is 2.32. The van der Waals surface area contributed by atoms with Crippen LogP contribution in [0.2, 0.25) is 10.0 Å². The molecule has 7 heteroatoms. The maximum atomic E-state index is 11.1. The Morgan fingerprint density at radius 3 is 2.74 bits per heavy atom. The Labute approximate surface area is 141 Å². The summed E-state index contributed by atoms with van der Waals surface area (Å²) in [6.45, 7) is 0.208. The van der Waals surface area contributed by atoms with Crippen molar-refractivity contribution < 1.29 is 9.66 Å². The van der Waals surface area contributed by atoms with Crippen LogP contribution in [0.15, 0.2) is 48.7 Å². The van der Waals surface area contributed by atoms with Crippen molar-refractivity contribution in [2.24, 2.45) is 0 Å². The van der Waals surface area contributed by atoms with E-state index in [0.29, 0.717) is 26.7 Å². The molecule has 3 aromatic rings. The largest absolute Gasteiger partial charge is 0.487 e. The molecule has 116 valence electrons. The third kappa shape index (κ3) is 3.21. The minimum atomic E-state index is -0.441. The number of nitrogens with zero attached hydrogens (tertiary/aromatic N) is 2. The topological polar surface area (TPSA) is 65.3 Å². The number of halogens is 2. The highest BCUT2D eigenvalue weighted by atomic mass is 35.5. The van der Waals surface area contributed by atoms with Crippen molar-refractivity contribution in [1.29, 1.82) is 0 Å². The Kier molecular flexibility index (Phi) is 4.32. The van der Waals surface area contributed by atoms with Gasteiger partial charge in [0.2, 0.25) is 0 Å². The zero-order chi connectivity index (χ0) is 16.4. The molecule has 1 aromatic heterocycles. The van der Waals surface area contributed by atoms with E-state index < -0.39 is 4.92 Å². The first-order valence-electron chi connectivity index (χ1n) is 6.65. The van der Waals surface area contributed by atoms with E-state index in [1.807, 2.05) is 0 Å². The molecule has 0 aliphatic rings. The first kappa shape index (κ1) is 15.5. The molecule has 0 bridgehead atoms. The molecule has 0 saturated carbocycles.